The first-order chi connectivity index (χ1) is 6.56. The summed E-state index contributed by atoms with van der Waals surface area (Å²) < 4.78 is 10.9. The average Bonchev–Trinajstić information content (AvgIpc) is 2.08. The molecule has 1 N–H and O–H groups in total. The van der Waals surface area contributed by atoms with Crippen LogP contribution in [0.4, 0.5) is 0 Å². The van der Waals surface area contributed by atoms with Crippen molar-refractivity contribution in [3.63, 3.8) is 0 Å². The molecular formula is C11H26ClO2P. The third-order valence-electron chi connectivity index (χ3n) is 2.43. The Labute approximate surface area is 101 Å². The van der Waals surface area contributed by atoms with E-state index in [1.165, 1.54) is 45.2 Å². The zero-order valence-electron chi connectivity index (χ0n) is 10.1. The molecule has 0 amide bonds. The minimum absolute atomic E-state index is 0. The lowest BCUT2D eigenvalue weighted by atomic mass is 10.1. The van der Waals surface area contributed by atoms with Crippen molar-refractivity contribution in [2.75, 3.05) is 12.8 Å². The molecule has 2 nitrogen and oxygen atoms in total. The van der Waals surface area contributed by atoms with Crippen LogP contribution in [0.25, 0.3) is 0 Å². The van der Waals surface area contributed by atoms with Gasteiger partial charge < -0.3 is 4.89 Å². The van der Waals surface area contributed by atoms with Gasteiger partial charge in [0.1, 0.15) is 0 Å². The monoisotopic (exact) mass is 256 g/mol. The predicted molar refractivity (Wildman–Crippen MR) is 70.5 cm³/mol. The fourth-order valence-electron chi connectivity index (χ4n) is 1.54. The summed E-state index contributed by atoms with van der Waals surface area (Å²) in [7, 11) is -2.73. The lowest BCUT2D eigenvalue weighted by Crippen LogP contribution is -1.87. The Hall–Kier alpha value is 0.480. The highest BCUT2D eigenvalue weighted by Gasteiger charge is 2.07. The number of hydrogen-bond acceptors (Lipinski definition) is 1. The highest BCUT2D eigenvalue weighted by atomic mass is 35.5. The van der Waals surface area contributed by atoms with Gasteiger partial charge in [-0.15, -0.1) is 12.4 Å². The Bertz CT molecular complexity index is 168. The minimum atomic E-state index is -2.73. The van der Waals surface area contributed by atoms with Crippen LogP contribution in [0, 0.1) is 0 Å². The maximum Gasteiger partial charge on any atom is 0.197 e. The molecule has 0 saturated carbocycles. The fraction of sp³-hybridized carbons (Fsp3) is 1.00. The van der Waals surface area contributed by atoms with Gasteiger partial charge in [0.2, 0.25) is 0 Å². The van der Waals surface area contributed by atoms with Crippen LogP contribution in [0.15, 0.2) is 0 Å². The van der Waals surface area contributed by atoms with Crippen LogP contribution in [0.5, 0.6) is 0 Å². The van der Waals surface area contributed by atoms with E-state index in [1.54, 1.807) is 0 Å². The second kappa shape index (κ2) is 11.0. The quantitative estimate of drug-likeness (QED) is 0.489. The molecule has 1 unspecified atom stereocenters. The normalized spacial score (nSPS) is 14.3. The Balaban J connectivity index is 0. The van der Waals surface area contributed by atoms with Crippen molar-refractivity contribution < 1.29 is 9.46 Å². The molecule has 0 spiro atoms. The molecule has 4 heteroatoms. The van der Waals surface area contributed by atoms with Crippen LogP contribution < -0.4 is 0 Å². The van der Waals surface area contributed by atoms with E-state index in [0.29, 0.717) is 6.16 Å². The molecule has 0 saturated heterocycles. The summed E-state index contributed by atoms with van der Waals surface area (Å²) >= 11 is 0. The van der Waals surface area contributed by atoms with Gasteiger partial charge in [-0.25, -0.2) is 0 Å². The molecule has 0 aliphatic rings. The zero-order chi connectivity index (χ0) is 10.9. The molecule has 0 aromatic carbocycles. The Morgan fingerprint density at radius 1 is 0.933 bits per heavy atom. The van der Waals surface area contributed by atoms with Gasteiger partial charge >= 0.3 is 0 Å². The molecule has 94 valence electrons. The molecule has 0 rings (SSSR count). The molecule has 0 aliphatic heterocycles. The van der Waals surface area contributed by atoms with Crippen LogP contribution in [0.3, 0.4) is 0 Å². The number of rotatable bonds is 9. The lowest BCUT2D eigenvalue weighted by Gasteiger charge is -2.04. The summed E-state index contributed by atoms with van der Waals surface area (Å²) in [5.74, 6) is 0. The molecule has 15 heavy (non-hydrogen) atoms. The van der Waals surface area contributed by atoms with Crippen molar-refractivity contribution in [3.8, 4) is 0 Å². The molecule has 0 fully saturated rings. The van der Waals surface area contributed by atoms with E-state index in [2.05, 4.69) is 6.92 Å². The largest absolute Gasteiger partial charge is 0.344 e. The maximum atomic E-state index is 10.9. The second-order valence-corrected chi connectivity index (χ2v) is 6.80. The number of hydrogen-bond donors (Lipinski definition) is 1. The fourth-order valence-corrected chi connectivity index (χ4v) is 2.35. The van der Waals surface area contributed by atoms with E-state index in [0.717, 1.165) is 12.8 Å². The van der Waals surface area contributed by atoms with E-state index >= 15 is 0 Å². The van der Waals surface area contributed by atoms with Gasteiger partial charge in [0.05, 0.1) is 0 Å². The summed E-state index contributed by atoms with van der Waals surface area (Å²) in [6.45, 7) is 3.67. The SMILES string of the molecule is CCCCCCCCCCP(C)(=O)O.Cl. The molecule has 1 atom stereocenters. The van der Waals surface area contributed by atoms with Crippen molar-refractivity contribution >= 4 is 19.8 Å². The average molecular weight is 257 g/mol. The standard InChI is InChI=1S/C11H25O2P.ClH/c1-3-4-5-6-7-8-9-10-11-14(2,12)13;/h3-11H2,1-2H3,(H,12,13);1H. The smallest absolute Gasteiger partial charge is 0.197 e. The summed E-state index contributed by atoms with van der Waals surface area (Å²) in [6, 6.07) is 0. The first-order valence-electron chi connectivity index (χ1n) is 5.85. The van der Waals surface area contributed by atoms with Crippen molar-refractivity contribution in [2.24, 2.45) is 0 Å². The van der Waals surface area contributed by atoms with E-state index in [1.807, 2.05) is 0 Å². The van der Waals surface area contributed by atoms with Gasteiger partial charge in [-0.1, -0.05) is 51.9 Å². The van der Waals surface area contributed by atoms with Gasteiger partial charge in [0.25, 0.3) is 0 Å². The van der Waals surface area contributed by atoms with Crippen LogP contribution in [0.1, 0.15) is 58.3 Å². The van der Waals surface area contributed by atoms with Crippen molar-refractivity contribution in [1.82, 2.24) is 0 Å². The van der Waals surface area contributed by atoms with Crippen molar-refractivity contribution in [3.05, 3.63) is 0 Å². The van der Waals surface area contributed by atoms with E-state index < -0.39 is 7.37 Å². The summed E-state index contributed by atoms with van der Waals surface area (Å²) in [5.41, 5.74) is 0. The van der Waals surface area contributed by atoms with Crippen molar-refractivity contribution in [1.29, 1.82) is 0 Å². The molecule has 0 radical (unpaired) electrons. The zero-order valence-corrected chi connectivity index (χ0v) is 11.8. The Morgan fingerprint density at radius 3 is 1.73 bits per heavy atom. The van der Waals surface area contributed by atoms with Crippen LogP contribution in [0.2, 0.25) is 0 Å². The van der Waals surface area contributed by atoms with Gasteiger partial charge in [0, 0.05) is 12.8 Å². The van der Waals surface area contributed by atoms with Crippen molar-refractivity contribution in [2.45, 2.75) is 58.3 Å². The molecular weight excluding hydrogens is 231 g/mol. The lowest BCUT2D eigenvalue weighted by molar-refractivity contribution is 0.480. The highest BCUT2D eigenvalue weighted by molar-refractivity contribution is 7.57. The molecule has 0 bridgehead atoms. The third kappa shape index (κ3) is 17.1. The molecule has 0 aromatic heterocycles. The van der Waals surface area contributed by atoms with Gasteiger partial charge in [-0.2, -0.15) is 0 Å². The summed E-state index contributed by atoms with van der Waals surface area (Å²) in [6.07, 6.45) is 10.4. The first-order valence-corrected chi connectivity index (χ1v) is 8.15. The highest BCUT2D eigenvalue weighted by Crippen LogP contribution is 2.36. The summed E-state index contributed by atoms with van der Waals surface area (Å²) in [4.78, 5) is 9.05. The van der Waals surface area contributed by atoms with E-state index in [9.17, 15) is 4.57 Å². The van der Waals surface area contributed by atoms with Gasteiger partial charge in [-0.3, -0.25) is 4.57 Å². The predicted octanol–water partition coefficient (Wildman–Crippen LogP) is 4.45. The first kappa shape index (κ1) is 17.9. The van der Waals surface area contributed by atoms with Crippen LogP contribution in [-0.4, -0.2) is 17.7 Å². The third-order valence-corrected chi connectivity index (χ3v) is 3.57. The molecule has 0 heterocycles. The van der Waals surface area contributed by atoms with E-state index in [4.69, 9.17) is 4.89 Å². The number of halogens is 1. The van der Waals surface area contributed by atoms with Crippen LogP contribution in [-0.2, 0) is 4.57 Å². The van der Waals surface area contributed by atoms with E-state index in [-0.39, 0.29) is 12.4 Å². The van der Waals surface area contributed by atoms with Gasteiger partial charge in [-0.05, 0) is 6.42 Å². The molecule has 0 aromatic rings. The Kier molecular flexibility index (Phi) is 13.1. The number of unbranched alkanes of at least 4 members (excludes halogenated alkanes) is 7. The minimum Gasteiger partial charge on any atom is -0.344 e. The summed E-state index contributed by atoms with van der Waals surface area (Å²) in [5, 5.41) is 0. The Morgan fingerprint density at radius 2 is 1.33 bits per heavy atom. The van der Waals surface area contributed by atoms with Gasteiger partial charge in [0.15, 0.2) is 7.37 Å². The topological polar surface area (TPSA) is 37.3 Å². The maximum absolute atomic E-state index is 10.9. The second-order valence-electron chi connectivity index (χ2n) is 4.25. The van der Waals surface area contributed by atoms with Crippen LogP contribution >= 0.6 is 19.8 Å². The molecule has 0 aliphatic carbocycles.